The Morgan fingerprint density at radius 2 is 1.80 bits per heavy atom. The summed E-state index contributed by atoms with van der Waals surface area (Å²) >= 11 is 2.55. The highest BCUT2D eigenvalue weighted by molar-refractivity contribution is 7.21. The van der Waals surface area contributed by atoms with Gasteiger partial charge in [-0.25, -0.2) is 9.18 Å². The molecule has 30 heavy (non-hydrogen) atoms. The topological polar surface area (TPSA) is 66.9 Å². The number of thiophene rings is 2. The largest absolute Gasteiger partial charge is 0.451 e. The molecule has 1 aliphatic rings. The Bertz CT molecular complexity index is 1100. The molecule has 3 heterocycles. The number of aryl methyl sites for hydroxylation is 1. The number of hydrogen-bond donors (Lipinski definition) is 0. The number of carbonyl (C=O) groups excluding carboxylic acids is 3. The fourth-order valence-corrected chi connectivity index (χ4v) is 5.25. The van der Waals surface area contributed by atoms with E-state index in [4.69, 9.17) is 4.74 Å². The maximum Gasteiger partial charge on any atom is 0.349 e. The minimum atomic E-state index is -0.632. The lowest BCUT2D eigenvalue weighted by atomic mass is 10.1. The fourth-order valence-electron chi connectivity index (χ4n) is 3.45. The molecule has 0 atom stereocenters. The van der Waals surface area contributed by atoms with Crippen molar-refractivity contribution in [2.75, 3.05) is 32.8 Å². The van der Waals surface area contributed by atoms with Crippen LogP contribution in [0.4, 0.5) is 4.39 Å². The average molecular weight is 447 g/mol. The van der Waals surface area contributed by atoms with E-state index in [1.807, 2.05) is 11.4 Å². The van der Waals surface area contributed by atoms with Crippen molar-refractivity contribution in [3.63, 3.8) is 0 Å². The van der Waals surface area contributed by atoms with E-state index in [0.29, 0.717) is 51.6 Å². The fraction of sp³-hybridized carbons (Fsp3) is 0.286. The number of piperazine rings is 1. The molecule has 0 saturated carbocycles. The highest BCUT2D eigenvalue weighted by Crippen LogP contribution is 2.33. The Balaban J connectivity index is 1.32. The van der Waals surface area contributed by atoms with Crippen molar-refractivity contribution in [1.82, 2.24) is 9.80 Å². The van der Waals surface area contributed by atoms with Crippen molar-refractivity contribution in [1.29, 1.82) is 0 Å². The molecule has 2 amide bonds. The van der Waals surface area contributed by atoms with Crippen molar-refractivity contribution in [3.05, 3.63) is 56.8 Å². The Hall–Kier alpha value is -2.78. The summed E-state index contributed by atoms with van der Waals surface area (Å²) in [6.07, 6.45) is 0. The van der Waals surface area contributed by atoms with E-state index in [1.165, 1.54) is 17.4 Å². The van der Waals surface area contributed by atoms with Crippen LogP contribution in [0.5, 0.6) is 0 Å². The van der Waals surface area contributed by atoms with Crippen molar-refractivity contribution >= 4 is 50.5 Å². The van der Waals surface area contributed by atoms with Gasteiger partial charge in [0, 0.05) is 36.3 Å². The zero-order valence-corrected chi connectivity index (χ0v) is 17.9. The van der Waals surface area contributed by atoms with Crippen LogP contribution in [0, 0.1) is 12.7 Å². The van der Waals surface area contributed by atoms with Crippen molar-refractivity contribution in [2.24, 2.45) is 0 Å². The Morgan fingerprint density at radius 3 is 2.47 bits per heavy atom. The molecule has 0 N–H and O–H groups in total. The van der Waals surface area contributed by atoms with Gasteiger partial charge in [0.1, 0.15) is 10.7 Å². The molecule has 1 saturated heterocycles. The van der Waals surface area contributed by atoms with Crippen molar-refractivity contribution in [3.8, 4) is 0 Å². The summed E-state index contributed by atoms with van der Waals surface area (Å²) in [4.78, 5) is 41.6. The van der Waals surface area contributed by atoms with E-state index in [1.54, 1.807) is 34.9 Å². The van der Waals surface area contributed by atoms with Crippen LogP contribution < -0.4 is 0 Å². The van der Waals surface area contributed by atoms with E-state index >= 15 is 0 Å². The van der Waals surface area contributed by atoms with Gasteiger partial charge in [0.05, 0.1) is 4.88 Å². The predicted octanol–water partition coefficient (Wildman–Crippen LogP) is 3.55. The number of ether oxygens (including phenoxy) is 1. The van der Waals surface area contributed by atoms with E-state index in [0.717, 1.165) is 11.3 Å². The number of nitrogens with zero attached hydrogens (tertiary/aromatic N) is 2. The Morgan fingerprint density at radius 1 is 1.07 bits per heavy atom. The van der Waals surface area contributed by atoms with Crippen LogP contribution in [0.15, 0.2) is 35.7 Å². The minimum Gasteiger partial charge on any atom is -0.451 e. The molecule has 9 heteroatoms. The summed E-state index contributed by atoms with van der Waals surface area (Å²) in [5.41, 5.74) is 0.520. The second-order valence-corrected chi connectivity index (χ2v) is 8.90. The SMILES string of the molecule is Cc1c(C(=O)OCC(=O)N2CCN(C(=O)c3cccs3)CC2)sc2cccc(F)c12. The number of amides is 2. The summed E-state index contributed by atoms with van der Waals surface area (Å²) in [6, 6.07) is 8.30. The second-order valence-electron chi connectivity index (χ2n) is 6.90. The van der Waals surface area contributed by atoms with Gasteiger partial charge < -0.3 is 14.5 Å². The molecule has 156 valence electrons. The van der Waals surface area contributed by atoms with Gasteiger partial charge in [0.2, 0.25) is 0 Å². The molecule has 0 unspecified atom stereocenters. The summed E-state index contributed by atoms with van der Waals surface area (Å²) in [7, 11) is 0. The monoisotopic (exact) mass is 446 g/mol. The zero-order valence-electron chi connectivity index (χ0n) is 16.2. The highest BCUT2D eigenvalue weighted by Gasteiger charge is 2.26. The van der Waals surface area contributed by atoms with Gasteiger partial charge in [0.15, 0.2) is 6.61 Å². The zero-order chi connectivity index (χ0) is 21.3. The van der Waals surface area contributed by atoms with Gasteiger partial charge in [-0.2, -0.15) is 0 Å². The summed E-state index contributed by atoms with van der Waals surface area (Å²) in [5, 5.41) is 2.26. The highest BCUT2D eigenvalue weighted by atomic mass is 32.1. The molecule has 0 spiro atoms. The summed E-state index contributed by atoms with van der Waals surface area (Å²) in [5.74, 6) is -1.35. The van der Waals surface area contributed by atoms with Gasteiger partial charge in [-0.3, -0.25) is 9.59 Å². The maximum atomic E-state index is 14.0. The molecule has 1 fully saturated rings. The van der Waals surface area contributed by atoms with Crippen LogP contribution in [0.3, 0.4) is 0 Å². The van der Waals surface area contributed by atoms with Crippen molar-refractivity contribution < 1.29 is 23.5 Å². The number of fused-ring (bicyclic) bond motifs is 1. The first-order chi connectivity index (χ1) is 14.5. The molecule has 4 rings (SSSR count). The third-order valence-electron chi connectivity index (χ3n) is 5.07. The first-order valence-corrected chi connectivity index (χ1v) is 11.1. The molecular formula is C21H19FN2O4S2. The molecular weight excluding hydrogens is 427 g/mol. The number of halogens is 1. The molecule has 1 aliphatic heterocycles. The lowest BCUT2D eigenvalue weighted by Crippen LogP contribution is -2.51. The van der Waals surface area contributed by atoms with Gasteiger partial charge in [-0.15, -0.1) is 22.7 Å². The molecule has 0 bridgehead atoms. The van der Waals surface area contributed by atoms with Gasteiger partial charge >= 0.3 is 5.97 Å². The predicted molar refractivity (Wildman–Crippen MR) is 114 cm³/mol. The number of rotatable bonds is 4. The number of hydrogen-bond acceptors (Lipinski definition) is 6. The van der Waals surface area contributed by atoms with Gasteiger partial charge in [-0.1, -0.05) is 12.1 Å². The number of carbonyl (C=O) groups is 3. The van der Waals surface area contributed by atoms with E-state index in [9.17, 15) is 18.8 Å². The first-order valence-electron chi connectivity index (χ1n) is 9.41. The van der Waals surface area contributed by atoms with Crippen LogP contribution in [0.1, 0.15) is 24.9 Å². The quantitative estimate of drug-likeness (QED) is 0.575. The van der Waals surface area contributed by atoms with Crippen LogP contribution in [-0.4, -0.2) is 60.4 Å². The van der Waals surface area contributed by atoms with E-state index in [2.05, 4.69) is 0 Å². The van der Waals surface area contributed by atoms with Crippen LogP contribution in [0.2, 0.25) is 0 Å². The standard InChI is InChI=1S/C21H19FN2O4S2/c1-13-18-14(22)4-2-5-15(18)30-19(13)21(27)28-12-17(25)23-7-9-24(10-8-23)20(26)16-6-3-11-29-16/h2-6,11H,7-10,12H2,1H3. The van der Waals surface area contributed by atoms with Crippen LogP contribution >= 0.6 is 22.7 Å². The van der Waals surface area contributed by atoms with E-state index < -0.39 is 5.97 Å². The molecule has 1 aromatic carbocycles. The molecule has 2 aromatic heterocycles. The molecule has 0 radical (unpaired) electrons. The lowest BCUT2D eigenvalue weighted by Gasteiger charge is -2.34. The Labute approximate surface area is 180 Å². The summed E-state index contributed by atoms with van der Waals surface area (Å²) in [6.45, 7) is 2.94. The smallest absolute Gasteiger partial charge is 0.349 e. The number of esters is 1. The van der Waals surface area contributed by atoms with Crippen LogP contribution in [-0.2, 0) is 9.53 Å². The lowest BCUT2D eigenvalue weighted by molar-refractivity contribution is -0.136. The molecule has 0 aliphatic carbocycles. The minimum absolute atomic E-state index is 0.0315. The number of benzene rings is 1. The van der Waals surface area contributed by atoms with Crippen LogP contribution in [0.25, 0.3) is 10.1 Å². The maximum absolute atomic E-state index is 14.0. The summed E-state index contributed by atoms with van der Waals surface area (Å²) < 4.78 is 19.9. The second kappa shape index (κ2) is 8.53. The Kier molecular flexibility index (Phi) is 5.83. The molecule has 3 aromatic rings. The van der Waals surface area contributed by atoms with Crippen molar-refractivity contribution in [2.45, 2.75) is 6.92 Å². The third kappa shape index (κ3) is 3.95. The average Bonchev–Trinajstić information content (AvgIpc) is 3.40. The van der Waals surface area contributed by atoms with Gasteiger partial charge in [-0.05, 0) is 36.1 Å². The molecule has 6 nitrogen and oxygen atoms in total. The first kappa shape index (κ1) is 20.5. The third-order valence-corrected chi connectivity index (χ3v) is 7.16. The normalized spacial score (nSPS) is 14.2. The van der Waals surface area contributed by atoms with Gasteiger partial charge in [0.25, 0.3) is 11.8 Å². The van der Waals surface area contributed by atoms with E-state index in [-0.39, 0.29) is 24.2 Å².